The third-order valence-electron chi connectivity index (χ3n) is 1.88. The van der Waals surface area contributed by atoms with E-state index in [-0.39, 0.29) is 6.61 Å². The summed E-state index contributed by atoms with van der Waals surface area (Å²) in [5.41, 5.74) is 1.73. The van der Waals surface area contributed by atoms with Gasteiger partial charge in [-0.05, 0) is 19.2 Å². The maximum absolute atomic E-state index is 10.3. The lowest BCUT2D eigenvalue weighted by atomic mass is 10.3. The maximum atomic E-state index is 10.3. The van der Waals surface area contributed by atoms with Crippen molar-refractivity contribution in [2.75, 3.05) is 20.2 Å². The number of rotatable bonds is 3. The fraction of sp³-hybridized carbons (Fsp3) is 0.273. The van der Waals surface area contributed by atoms with Crippen LogP contribution in [0.1, 0.15) is 10.6 Å². The minimum atomic E-state index is 0.233. The van der Waals surface area contributed by atoms with Gasteiger partial charge in [0.25, 0.3) is 0 Å². The molecule has 1 aromatic heterocycles. The second-order valence-electron chi connectivity index (χ2n) is 3.08. The third kappa shape index (κ3) is 3.45. The minimum Gasteiger partial charge on any atom is -0.395 e. The van der Waals surface area contributed by atoms with Crippen LogP contribution in [-0.4, -0.2) is 41.6 Å². The summed E-state index contributed by atoms with van der Waals surface area (Å²) < 4.78 is 0. The minimum absolute atomic E-state index is 0.233. The molecule has 86 valence electrons. The van der Waals surface area contributed by atoms with E-state index in [0.29, 0.717) is 18.7 Å². The lowest BCUT2D eigenvalue weighted by molar-refractivity contribution is 0.111. The van der Waals surface area contributed by atoms with Gasteiger partial charge in [-0.1, -0.05) is 12.1 Å². The Hall–Kier alpha value is -1.72. The number of H-pyrrole nitrogens is 1. The van der Waals surface area contributed by atoms with Crippen molar-refractivity contribution in [2.45, 2.75) is 0 Å². The van der Waals surface area contributed by atoms with Crippen molar-refractivity contribution >= 4 is 17.3 Å². The largest absolute Gasteiger partial charge is 0.395 e. The Labute approximate surface area is 93.5 Å². The van der Waals surface area contributed by atoms with Gasteiger partial charge in [-0.25, -0.2) is 4.98 Å². The Kier molecular flexibility index (Phi) is 5.18. The second kappa shape index (κ2) is 6.71. The number of carbonyl (C=O) groups is 1. The molecule has 0 saturated heterocycles. The number of aliphatic hydroxyl groups excluding tert-OH is 1. The number of hydrogen-bond acceptors (Lipinski definition) is 4. The fourth-order valence-corrected chi connectivity index (χ4v) is 1.14. The summed E-state index contributed by atoms with van der Waals surface area (Å²) >= 11 is 0. The van der Waals surface area contributed by atoms with Gasteiger partial charge in [0, 0.05) is 6.54 Å². The monoisotopic (exact) mass is 221 g/mol. The molecule has 16 heavy (non-hydrogen) atoms. The summed E-state index contributed by atoms with van der Waals surface area (Å²) in [5.74, 6) is 0.381. The average Bonchev–Trinajstić information content (AvgIpc) is 2.73. The van der Waals surface area contributed by atoms with Crippen LogP contribution < -0.4 is 5.32 Å². The van der Waals surface area contributed by atoms with Gasteiger partial charge in [-0.2, -0.15) is 0 Å². The van der Waals surface area contributed by atoms with Gasteiger partial charge in [0.2, 0.25) is 0 Å². The van der Waals surface area contributed by atoms with E-state index in [1.807, 2.05) is 24.3 Å². The fourth-order valence-electron chi connectivity index (χ4n) is 1.14. The molecular formula is C11H15N3O2. The number of benzene rings is 1. The predicted octanol–water partition coefficient (Wildman–Crippen LogP) is 0.573. The first-order valence-electron chi connectivity index (χ1n) is 4.97. The van der Waals surface area contributed by atoms with Crippen LogP contribution in [0.3, 0.4) is 0 Å². The number of fused-ring (bicyclic) bond motifs is 1. The molecule has 0 aliphatic heterocycles. The molecule has 0 saturated carbocycles. The first-order valence-corrected chi connectivity index (χ1v) is 4.97. The zero-order chi connectivity index (χ0) is 11.8. The van der Waals surface area contributed by atoms with Crippen molar-refractivity contribution < 1.29 is 9.90 Å². The van der Waals surface area contributed by atoms with E-state index in [9.17, 15) is 4.79 Å². The van der Waals surface area contributed by atoms with Crippen LogP contribution in [0.25, 0.3) is 11.0 Å². The highest BCUT2D eigenvalue weighted by atomic mass is 16.3. The van der Waals surface area contributed by atoms with Crippen molar-refractivity contribution in [3.63, 3.8) is 0 Å². The van der Waals surface area contributed by atoms with E-state index in [1.54, 1.807) is 7.05 Å². The highest BCUT2D eigenvalue weighted by molar-refractivity contribution is 5.81. The predicted molar refractivity (Wildman–Crippen MR) is 62.5 cm³/mol. The van der Waals surface area contributed by atoms with Crippen molar-refractivity contribution in [1.29, 1.82) is 0 Å². The Morgan fingerprint density at radius 3 is 2.75 bits per heavy atom. The molecule has 1 heterocycles. The Balaban J connectivity index is 0.000000221. The lowest BCUT2D eigenvalue weighted by Gasteiger charge is -1.84. The van der Waals surface area contributed by atoms with Crippen LogP contribution in [0.4, 0.5) is 0 Å². The highest BCUT2D eigenvalue weighted by Gasteiger charge is 1.97. The van der Waals surface area contributed by atoms with E-state index in [2.05, 4.69) is 15.3 Å². The zero-order valence-electron chi connectivity index (χ0n) is 9.10. The van der Waals surface area contributed by atoms with Crippen LogP contribution >= 0.6 is 0 Å². The molecular weight excluding hydrogens is 206 g/mol. The van der Waals surface area contributed by atoms with Crippen molar-refractivity contribution in [2.24, 2.45) is 0 Å². The van der Waals surface area contributed by atoms with Crippen LogP contribution in [0.5, 0.6) is 0 Å². The van der Waals surface area contributed by atoms with Crippen LogP contribution in [-0.2, 0) is 0 Å². The summed E-state index contributed by atoms with van der Waals surface area (Å²) in [6.07, 6.45) is 0.708. The SMILES string of the molecule is CNCCO.O=Cc1nc2ccccc2[nH]1. The molecule has 2 aromatic rings. The van der Waals surface area contributed by atoms with Gasteiger partial charge >= 0.3 is 0 Å². The van der Waals surface area contributed by atoms with E-state index < -0.39 is 0 Å². The van der Waals surface area contributed by atoms with Gasteiger partial charge < -0.3 is 15.4 Å². The number of aldehydes is 1. The van der Waals surface area contributed by atoms with Crippen molar-refractivity contribution in [3.05, 3.63) is 30.1 Å². The first-order chi connectivity index (χ1) is 7.81. The van der Waals surface area contributed by atoms with E-state index in [0.717, 1.165) is 11.0 Å². The van der Waals surface area contributed by atoms with Crippen LogP contribution in [0, 0.1) is 0 Å². The van der Waals surface area contributed by atoms with Gasteiger partial charge in [-0.15, -0.1) is 0 Å². The van der Waals surface area contributed by atoms with Crippen LogP contribution in [0.2, 0.25) is 0 Å². The number of imidazole rings is 1. The molecule has 0 unspecified atom stereocenters. The number of aliphatic hydroxyl groups is 1. The molecule has 5 heteroatoms. The normalized spacial score (nSPS) is 9.62. The molecule has 5 nitrogen and oxygen atoms in total. The number of aromatic amines is 1. The Bertz CT molecular complexity index is 404. The van der Waals surface area contributed by atoms with E-state index in [1.165, 1.54) is 0 Å². The van der Waals surface area contributed by atoms with Crippen molar-refractivity contribution in [1.82, 2.24) is 15.3 Å². The Morgan fingerprint density at radius 2 is 2.25 bits per heavy atom. The van der Waals surface area contributed by atoms with Gasteiger partial charge in [0.1, 0.15) is 0 Å². The summed E-state index contributed by atoms with van der Waals surface area (Å²) in [4.78, 5) is 17.2. The Morgan fingerprint density at radius 1 is 1.50 bits per heavy atom. The molecule has 0 spiro atoms. The molecule has 1 aromatic carbocycles. The lowest BCUT2D eigenvalue weighted by Crippen LogP contribution is -2.10. The number of nitrogens with zero attached hydrogens (tertiary/aromatic N) is 1. The molecule has 2 rings (SSSR count). The standard InChI is InChI=1S/C8H6N2O.C3H9NO/c11-5-8-9-6-3-1-2-4-7(6)10-8;1-4-2-3-5/h1-5H,(H,9,10);4-5H,2-3H2,1H3. The van der Waals surface area contributed by atoms with Gasteiger partial charge in [0.15, 0.2) is 12.1 Å². The third-order valence-corrected chi connectivity index (χ3v) is 1.88. The van der Waals surface area contributed by atoms with E-state index in [4.69, 9.17) is 5.11 Å². The number of aromatic nitrogens is 2. The number of nitrogens with one attached hydrogen (secondary N) is 2. The molecule has 0 amide bonds. The molecule has 0 aliphatic rings. The second-order valence-corrected chi connectivity index (χ2v) is 3.08. The maximum Gasteiger partial charge on any atom is 0.185 e. The van der Waals surface area contributed by atoms with Crippen LogP contribution in [0.15, 0.2) is 24.3 Å². The molecule has 0 fully saturated rings. The summed E-state index contributed by atoms with van der Waals surface area (Å²) in [6, 6.07) is 7.53. The average molecular weight is 221 g/mol. The molecule has 0 atom stereocenters. The molecule has 0 aliphatic carbocycles. The smallest absolute Gasteiger partial charge is 0.185 e. The quantitative estimate of drug-likeness (QED) is 0.662. The zero-order valence-corrected chi connectivity index (χ0v) is 9.10. The number of carbonyl (C=O) groups excluding carboxylic acids is 1. The topological polar surface area (TPSA) is 78.0 Å². The molecule has 3 N–H and O–H groups in total. The van der Waals surface area contributed by atoms with Gasteiger partial charge in [-0.3, -0.25) is 4.79 Å². The van der Waals surface area contributed by atoms with Crippen molar-refractivity contribution in [3.8, 4) is 0 Å². The van der Waals surface area contributed by atoms with Gasteiger partial charge in [0.05, 0.1) is 17.6 Å². The highest BCUT2D eigenvalue weighted by Crippen LogP contribution is 2.08. The number of likely N-dealkylation sites (N-methyl/N-ethyl adjacent to an activating group) is 1. The molecule has 0 radical (unpaired) electrons. The van der Waals surface area contributed by atoms with E-state index >= 15 is 0 Å². The molecule has 0 bridgehead atoms. The number of hydrogen-bond donors (Lipinski definition) is 3. The summed E-state index contributed by atoms with van der Waals surface area (Å²) in [6.45, 7) is 0.927. The first kappa shape index (κ1) is 12.4. The summed E-state index contributed by atoms with van der Waals surface area (Å²) in [7, 11) is 1.80. The number of para-hydroxylation sites is 2. The summed E-state index contributed by atoms with van der Waals surface area (Å²) in [5, 5.41) is 10.8.